The lowest BCUT2D eigenvalue weighted by Crippen LogP contribution is -2.49. The van der Waals surface area contributed by atoms with Crippen LogP contribution in [0.25, 0.3) is 0 Å². The van der Waals surface area contributed by atoms with E-state index in [1.54, 1.807) is 0 Å². The first kappa shape index (κ1) is 12.8. The molecule has 1 saturated carbocycles. The minimum absolute atomic E-state index is 0.175. The Morgan fingerprint density at radius 1 is 1.35 bits per heavy atom. The molecule has 0 radical (unpaired) electrons. The van der Waals surface area contributed by atoms with E-state index in [0.29, 0.717) is 18.4 Å². The lowest BCUT2D eigenvalue weighted by molar-refractivity contribution is -0.145. The van der Waals surface area contributed by atoms with Crippen molar-refractivity contribution in [3.05, 3.63) is 0 Å². The second-order valence-electron chi connectivity index (χ2n) is 5.62. The molecule has 0 spiro atoms. The van der Waals surface area contributed by atoms with Crippen molar-refractivity contribution in [3.8, 4) is 0 Å². The summed E-state index contributed by atoms with van der Waals surface area (Å²) in [6.07, 6.45) is 3.10. The normalized spacial score (nSPS) is 39.1. The Hall–Kier alpha value is -0.610. The van der Waals surface area contributed by atoms with E-state index < -0.39 is 0 Å². The minimum Gasteiger partial charge on any atom is -0.375 e. The lowest BCUT2D eigenvalue weighted by atomic mass is 9.77. The molecule has 1 heterocycles. The van der Waals surface area contributed by atoms with Gasteiger partial charge in [0.05, 0.1) is 12.7 Å². The number of carbonyl (C=O) groups is 1. The molecule has 4 nitrogen and oxygen atoms in total. The lowest BCUT2D eigenvalue weighted by Gasteiger charge is -2.38. The fraction of sp³-hybridized carbons (Fsp3) is 0.923. The third kappa shape index (κ3) is 2.99. The second kappa shape index (κ2) is 5.36. The summed E-state index contributed by atoms with van der Waals surface area (Å²) in [6.45, 7) is 6.35. The molecule has 4 unspecified atom stereocenters. The van der Waals surface area contributed by atoms with Crippen molar-refractivity contribution < 1.29 is 9.53 Å². The van der Waals surface area contributed by atoms with Gasteiger partial charge >= 0.3 is 0 Å². The van der Waals surface area contributed by atoms with Gasteiger partial charge in [-0.2, -0.15) is 0 Å². The fourth-order valence-electron chi connectivity index (χ4n) is 3.06. The third-order valence-electron chi connectivity index (χ3n) is 4.08. The Balaban J connectivity index is 1.94. The van der Waals surface area contributed by atoms with E-state index in [-0.39, 0.29) is 18.1 Å². The van der Waals surface area contributed by atoms with Crippen molar-refractivity contribution in [1.29, 1.82) is 0 Å². The maximum Gasteiger partial charge on any atom is 0.226 e. The maximum atomic E-state index is 12.4. The molecule has 1 amide bonds. The Labute approximate surface area is 103 Å². The van der Waals surface area contributed by atoms with Gasteiger partial charge in [0, 0.05) is 25.0 Å². The number of nitrogens with zero attached hydrogens (tertiary/aromatic N) is 1. The van der Waals surface area contributed by atoms with Crippen LogP contribution in [0.1, 0.15) is 33.1 Å². The van der Waals surface area contributed by atoms with E-state index in [2.05, 4.69) is 6.92 Å². The molecule has 0 aromatic rings. The van der Waals surface area contributed by atoms with Gasteiger partial charge in [0.1, 0.15) is 0 Å². The van der Waals surface area contributed by atoms with E-state index in [1.165, 1.54) is 0 Å². The van der Waals surface area contributed by atoms with Gasteiger partial charge in [0.15, 0.2) is 0 Å². The number of ether oxygens (including phenoxy) is 1. The number of amides is 1. The molecule has 2 fully saturated rings. The van der Waals surface area contributed by atoms with E-state index in [9.17, 15) is 4.79 Å². The molecular formula is C13H24N2O2. The van der Waals surface area contributed by atoms with Crippen LogP contribution in [0, 0.1) is 11.8 Å². The summed E-state index contributed by atoms with van der Waals surface area (Å²) in [7, 11) is 0. The summed E-state index contributed by atoms with van der Waals surface area (Å²) in [6, 6.07) is 0.290. The number of hydrogen-bond donors (Lipinski definition) is 1. The van der Waals surface area contributed by atoms with Gasteiger partial charge in [-0.15, -0.1) is 0 Å². The summed E-state index contributed by atoms with van der Waals surface area (Å²) < 4.78 is 5.48. The first-order valence-electron chi connectivity index (χ1n) is 6.74. The Morgan fingerprint density at radius 3 is 2.76 bits per heavy atom. The van der Waals surface area contributed by atoms with Crippen LogP contribution in [-0.2, 0) is 9.53 Å². The Morgan fingerprint density at radius 2 is 2.12 bits per heavy atom. The minimum atomic E-state index is 0.175. The van der Waals surface area contributed by atoms with Gasteiger partial charge in [-0.05, 0) is 32.1 Å². The van der Waals surface area contributed by atoms with Crippen LogP contribution in [0.2, 0.25) is 0 Å². The van der Waals surface area contributed by atoms with Gasteiger partial charge in [-0.25, -0.2) is 0 Å². The molecule has 1 saturated heterocycles. The standard InChI is InChI=1S/C13H24N2O2/c1-9-7-11(14)3-4-12(9)13(16)15-5-6-17-10(2)8-15/h9-12H,3-8,14H2,1-2H3. The Kier molecular flexibility index (Phi) is 4.05. The average Bonchev–Trinajstić information content (AvgIpc) is 2.28. The monoisotopic (exact) mass is 240 g/mol. The highest BCUT2D eigenvalue weighted by atomic mass is 16.5. The van der Waals surface area contributed by atoms with Gasteiger partial charge in [-0.3, -0.25) is 4.79 Å². The Bertz CT molecular complexity index is 283. The molecule has 4 heteroatoms. The van der Waals surface area contributed by atoms with E-state index in [0.717, 1.165) is 32.4 Å². The number of morpholine rings is 1. The van der Waals surface area contributed by atoms with Gasteiger partial charge in [0.2, 0.25) is 5.91 Å². The van der Waals surface area contributed by atoms with Crippen LogP contribution in [0.15, 0.2) is 0 Å². The predicted octanol–water partition coefficient (Wildman–Crippen LogP) is 0.997. The summed E-state index contributed by atoms with van der Waals surface area (Å²) in [5, 5.41) is 0. The first-order valence-corrected chi connectivity index (χ1v) is 6.74. The SMILES string of the molecule is CC1CN(C(=O)C2CCC(N)CC2C)CCO1. The second-order valence-corrected chi connectivity index (χ2v) is 5.62. The number of hydrogen-bond acceptors (Lipinski definition) is 3. The number of rotatable bonds is 1. The van der Waals surface area contributed by atoms with Crippen molar-refractivity contribution in [2.75, 3.05) is 19.7 Å². The van der Waals surface area contributed by atoms with Crippen molar-refractivity contribution in [2.24, 2.45) is 17.6 Å². The molecule has 1 aliphatic carbocycles. The smallest absolute Gasteiger partial charge is 0.226 e. The van der Waals surface area contributed by atoms with Crippen LogP contribution in [-0.4, -0.2) is 42.6 Å². The largest absolute Gasteiger partial charge is 0.375 e. The average molecular weight is 240 g/mol. The highest BCUT2D eigenvalue weighted by Crippen LogP contribution is 2.30. The first-order chi connectivity index (χ1) is 8.08. The molecule has 0 aromatic carbocycles. The summed E-state index contributed by atoms with van der Waals surface area (Å²) in [5.41, 5.74) is 5.94. The molecule has 2 aliphatic rings. The third-order valence-corrected chi connectivity index (χ3v) is 4.08. The summed E-state index contributed by atoms with van der Waals surface area (Å²) in [4.78, 5) is 14.4. The van der Waals surface area contributed by atoms with E-state index in [1.807, 2.05) is 11.8 Å². The van der Waals surface area contributed by atoms with Crippen molar-refractivity contribution in [3.63, 3.8) is 0 Å². The van der Waals surface area contributed by atoms with Gasteiger partial charge in [-0.1, -0.05) is 6.92 Å². The van der Waals surface area contributed by atoms with Crippen LogP contribution in [0.5, 0.6) is 0 Å². The molecule has 4 atom stereocenters. The van der Waals surface area contributed by atoms with Crippen LogP contribution in [0.4, 0.5) is 0 Å². The molecule has 17 heavy (non-hydrogen) atoms. The fourth-order valence-corrected chi connectivity index (χ4v) is 3.06. The van der Waals surface area contributed by atoms with Crippen molar-refractivity contribution in [2.45, 2.75) is 45.3 Å². The molecule has 1 aliphatic heterocycles. The van der Waals surface area contributed by atoms with E-state index >= 15 is 0 Å². The van der Waals surface area contributed by atoms with Crippen LogP contribution in [0.3, 0.4) is 0 Å². The molecule has 98 valence electrons. The maximum absolute atomic E-state index is 12.4. The zero-order valence-corrected chi connectivity index (χ0v) is 10.9. The molecule has 2 N–H and O–H groups in total. The summed E-state index contributed by atoms with van der Waals surface area (Å²) in [5.74, 6) is 0.920. The zero-order valence-electron chi connectivity index (χ0n) is 10.9. The van der Waals surface area contributed by atoms with Crippen molar-refractivity contribution in [1.82, 2.24) is 4.90 Å². The highest BCUT2D eigenvalue weighted by molar-refractivity contribution is 5.79. The predicted molar refractivity (Wildman–Crippen MR) is 66.5 cm³/mol. The quantitative estimate of drug-likeness (QED) is 0.744. The summed E-state index contributed by atoms with van der Waals surface area (Å²) >= 11 is 0. The number of carbonyl (C=O) groups excluding carboxylic acids is 1. The van der Waals surface area contributed by atoms with Crippen LogP contribution >= 0.6 is 0 Å². The molecule has 2 rings (SSSR count). The highest BCUT2D eigenvalue weighted by Gasteiger charge is 2.34. The topological polar surface area (TPSA) is 55.6 Å². The molecule has 0 bridgehead atoms. The van der Waals surface area contributed by atoms with Gasteiger partial charge < -0.3 is 15.4 Å². The van der Waals surface area contributed by atoms with Crippen molar-refractivity contribution >= 4 is 5.91 Å². The molecule has 0 aromatic heterocycles. The zero-order chi connectivity index (χ0) is 12.4. The van der Waals surface area contributed by atoms with Crippen LogP contribution < -0.4 is 5.73 Å². The molecular weight excluding hydrogens is 216 g/mol. The van der Waals surface area contributed by atoms with E-state index in [4.69, 9.17) is 10.5 Å². The van der Waals surface area contributed by atoms with Gasteiger partial charge in [0.25, 0.3) is 0 Å². The number of nitrogens with two attached hydrogens (primary N) is 1.